The second-order valence-corrected chi connectivity index (χ2v) is 4.75. The van der Waals surface area contributed by atoms with Gasteiger partial charge < -0.3 is 4.29 Å². The summed E-state index contributed by atoms with van der Waals surface area (Å²) in [6.07, 6.45) is 10.7. The van der Waals surface area contributed by atoms with E-state index in [-0.39, 0.29) is 0 Å². The molecule has 1 rings (SSSR count). The fraction of sp³-hybridized carbons (Fsp3) is 0.600. The Bertz CT molecular complexity index is 281. The Morgan fingerprint density at radius 2 is 1.47 bits per heavy atom. The van der Waals surface area contributed by atoms with Gasteiger partial charge in [-0.05, 0) is 30.5 Å². The van der Waals surface area contributed by atoms with E-state index in [1.165, 1.54) is 50.5 Å². The van der Waals surface area contributed by atoms with Gasteiger partial charge in [-0.3, -0.25) is 0 Å². The topological polar surface area (TPSA) is 9.23 Å². The molecular formula is C15H23ClO. The van der Waals surface area contributed by atoms with Crippen molar-refractivity contribution >= 4 is 11.9 Å². The second-order valence-electron chi connectivity index (χ2n) is 4.59. The van der Waals surface area contributed by atoms with Crippen LogP contribution in [0.4, 0.5) is 0 Å². The molecule has 0 radical (unpaired) electrons. The third-order valence-electron chi connectivity index (χ3n) is 3.08. The van der Waals surface area contributed by atoms with Crippen LogP contribution >= 0.6 is 11.9 Å². The first kappa shape index (κ1) is 14.4. The molecule has 17 heavy (non-hydrogen) atoms. The van der Waals surface area contributed by atoms with Crippen molar-refractivity contribution in [1.82, 2.24) is 0 Å². The maximum atomic E-state index is 5.27. The lowest BCUT2D eigenvalue weighted by atomic mass is 10.0. The zero-order chi connectivity index (χ0) is 12.3. The van der Waals surface area contributed by atoms with Crippen molar-refractivity contribution in [2.75, 3.05) is 0 Å². The summed E-state index contributed by atoms with van der Waals surface area (Å²) in [5.74, 6) is 0.718. The Hall–Kier alpha value is -0.690. The number of aryl methyl sites for hydroxylation is 1. The van der Waals surface area contributed by atoms with Gasteiger partial charge in [0.25, 0.3) is 0 Å². The molecule has 1 nitrogen and oxygen atoms in total. The molecule has 0 amide bonds. The Balaban J connectivity index is 2.05. The van der Waals surface area contributed by atoms with E-state index in [0.29, 0.717) is 0 Å². The average Bonchev–Trinajstić information content (AvgIpc) is 2.38. The average molecular weight is 255 g/mol. The maximum Gasteiger partial charge on any atom is 0.146 e. The number of hydrogen-bond donors (Lipinski definition) is 0. The third-order valence-corrected chi connectivity index (χ3v) is 3.26. The molecule has 1 aromatic carbocycles. The van der Waals surface area contributed by atoms with Crippen molar-refractivity contribution in [3.63, 3.8) is 0 Å². The van der Waals surface area contributed by atoms with Gasteiger partial charge in [-0.2, -0.15) is 0 Å². The van der Waals surface area contributed by atoms with E-state index in [9.17, 15) is 0 Å². The van der Waals surface area contributed by atoms with Crippen molar-refractivity contribution in [1.29, 1.82) is 0 Å². The highest BCUT2D eigenvalue weighted by atomic mass is 35.5. The van der Waals surface area contributed by atoms with Crippen molar-refractivity contribution in [2.24, 2.45) is 0 Å². The first-order valence-electron chi connectivity index (χ1n) is 6.74. The first-order chi connectivity index (χ1) is 8.36. The number of unbranched alkanes of at least 4 members (excludes halogenated alkanes) is 6. The normalized spacial score (nSPS) is 10.5. The minimum absolute atomic E-state index is 0.718. The van der Waals surface area contributed by atoms with Gasteiger partial charge in [0.05, 0.1) is 0 Å². The molecule has 0 aliphatic rings. The lowest BCUT2D eigenvalue weighted by Crippen LogP contribution is -1.86. The van der Waals surface area contributed by atoms with Gasteiger partial charge in [0.1, 0.15) is 17.6 Å². The standard InChI is InChI=1S/C15H23ClO/c1-2-3-4-5-6-7-8-9-14-10-12-15(17-16)13-11-14/h10-13H,2-9H2,1H3. The highest BCUT2D eigenvalue weighted by Crippen LogP contribution is 2.15. The number of rotatable bonds is 9. The summed E-state index contributed by atoms with van der Waals surface area (Å²) < 4.78 is 4.62. The van der Waals surface area contributed by atoms with Crippen LogP contribution in [-0.2, 0) is 6.42 Å². The van der Waals surface area contributed by atoms with Crippen molar-refractivity contribution < 1.29 is 4.29 Å². The number of hydrogen-bond acceptors (Lipinski definition) is 1. The molecule has 0 aromatic heterocycles. The summed E-state index contributed by atoms with van der Waals surface area (Å²) >= 11 is 5.27. The zero-order valence-electron chi connectivity index (χ0n) is 10.8. The monoisotopic (exact) mass is 254 g/mol. The molecule has 1 aromatic rings. The molecule has 0 saturated heterocycles. The Labute approximate surface area is 110 Å². The Kier molecular flexibility index (Phi) is 7.91. The zero-order valence-corrected chi connectivity index (χ0v) is 11.5. The minimum Gasteiger partial charge on any atom is -0.386 e. The lowest BCUT2D eigenvalue weighted by molar-refractivity contribution is 0.588. The molecule has 0 spiro atoms. The molecule has 0 heterocycles. The highest BCUT2D eigenvalue weighted by Gasteiger charge is 1.96. The summed E-state index contributed by atoms with van der Waals surface area (Å²) in [7, 11) is 0. The lowest BCUT2D eigenvalue weighted by Gasteiger charge is -2.03. The molecule has 96 valence electrons. The second kappa shape index (κ2) is 9.35. The van der Waals surface area contributed by atoms with Gasteiger partial charge in [0, 0.05) is 0 Å². The fourth-order valence-electron chi connectivity index (χ4n) is 1.99. The summed E-state index contributed by atoms with van der Waals surface area (Å²) in [6, 6.07) is 8.02. The van der Waals surface area contributed by atoms with Gasteiger partial charge in [-0.15, -0.1) is 0 Å². The van der Waals surface area contributed by atoms with Gasteiger partial charge in [-0.25, -0.2) is 0 Å². The molecule has 0 N–H and O–H groups in total. The number of benzene rings is 1. The van der Waals surface area contributed by atoms with E-state index in [1.54, 1.807) is 0 Å². The maximum absolute atomic E-state index is 5.27. The van der Waals surface area contributed by atoms with E-state index >= 15 is 0 Å². The predicted octanol–water partition coefficient (Wildman–Crippen LogP) is 5.51. The molecule has 0 unspecified atom stereocenters. The van der Waals surface area contributed by atoms with Gasteiger partial charge >= 0.3 is 0 Å². The summed E-state index contributed by atoms with van der Waals surface area (Å²) in [6.45, 7) is 2.26. The smallest absolute Gasteiger partial charge is 0.146 e. The van der Waals surface area contributed by atoms with Crippen LogP contribution in [0.3, 0.4) is 0 Å². The van der Waals surface area contributed by atoms with Gasteiger partial charge in [0.15, 0.2) is 0 Å². The largest absolute Gasteiger partial charge is 0.386 e. The van der Waals surface area contributed by atoms with Crippen LogP contribution in [0.5, 0.6) is 5.75 Å². The van der Waals surface area contributed by atoms with Crippen molar-refractivity contribution in [3.05, 3.63) is 29.8 Å². The first-order valence-corrected chi connectivity index (χ1v) is 7.05. The van der Waals surface area contributed by atoms with E-state index < -0.39 is 0 Å². The fourth-order valence-corrected chi connectivity index (χ4v) is 2.10. The summed E-state index contributed by atoms with van der Waals surface area (Å²) in [5, 5.41) is 0. The molecule has 0 atom stereocenters. The van der Waals surface area contributed by atoms with E-state index in [2.05, 4.69) is 23.3 Å². The molecule has 0 aliphatic heterocycles. The number of halogens is 1. The molecule has 0 aliphatic carbocycles. The predicted molar refractivity (Wildman–Crippen MR) is 74.6 cm³/mol. The highest BCUT2D eigenvalue weighted by molar-refractivity contribution is 6.09. The van der Waals surface area contributed by atoms with Crippen LogP contribution in [0.1, 0.15) is 57.4 Å². The molecule has 0 fully saturated rings. The van der Waals surface area contributed by atoms with Crippen LogP contribution < -0.4 is 4.29 Å². The van der Waals surface area contributed by atoms with Gasteiger partial charge in [0.2, 0.25) is 0 Å². The van der Waals surface area contributed by atoms with E-state index in [4.69, 9.17) is 11.9 Å². The quantitative estimate of drug-likeness (QED) is 0.528. The van der Waals surface area contributed by atoms with Crippen LogP contribution in [0.15, 0.2) is 24.3 Å². The Morgan fingerprint density at radius 3 is 2.06 bits per heavy atom. The van der Waals surface area contributed by atoms with E-state index in [1.807, 2.05) is 12.1 Å². The molecule has 0 saturated carbocycles. The minimum atomic E-state index is 0.718. The SMILES string of the molecule is CCCCCCCCCc1ccc(OCl)cc1. The molecule has 0 bridgehead atoms. The van der Waals surface area contributed by atoms with Crippen LogP contribution in [0.25, 0.3) is 0 Å². The summed E-state index contributed by atoms with van der Waals surface area (Å²) in [5.41, 5.74) is 1.37. The summed E-state index contributed by atoms with van der Waals surface area (Å²) in [4.78, 5) is 0. The van der Waals surface area contributed by atoms with Crippen LogP contribution in [0, 0.1) is 0 Å². The molecule has 2 heteroatoms. The van der Waals surface area contributed by atoms with Crippen molar-refractivity contribution in [2.45, 2.75) is 58.3 Å². The Morgan fingerprint density at radius 1 is 0.882 bits per heavy atom. The molecular weight excluding hydrogens is 232 g/mol. The van der Waals surface area contributed by atoms with E-state index in [0.717, 1.165) is 12.2 Å². The third kappa shape index (κ3) is 6.58. The van der Waals surface area contributed by atoms with Gasteiger partial charge in [-0.1, -0.05) is 57.6 Å². The van der Waals surface area contributed by atoms with Crippen LogP contribution in [-0.4, -0.2) is 0 Å². The van der Waals surface area contributed by atoms with Crippen molar-refractivity contribution in [3.8, 4) is 5.75 Å². The van der Waals surface area contributed by atoms with Crippen LogP contribution in [0.2, 0.25) is 0 Å².